The molecule has 0 aromatic carbocycles. The van der Waals surface area contributed by atoms with Gasteiger partial charge in [-0.2, -0.15) is 0 Å². The number of rotatable bonds is 0. The lowest BCUT2D eigenvalue weighted by atomic mass is 10.2. The van der Waals surface area contributed by atoms with Gasteiger partial charge in [-0.3, -0.25) is 0 Å². The Kier molecular flexibility index (Phi) is 2.65. The summed E-state index contributed by atoms with van der Waals surface area (Å²) in [6, 6.07) is 0. The molecule has 0 saturated carbocycles. The Bertz CT molecular complexity index is 191. The van der Waals surface area contributed by atoms with E-state index in [9.17, 15) is 0 Å². The zero-order chi connectivity index (χ0) is 6.10. The van der Waals surface area contributed by atoms with Gasteiger partial charge in [-0.1, -0.05) is 0 Å². The molecule has 2 nitrogen and oxygen atoms in total. The van der Waals surface area contributed by atoms with Crippen LogP contribution in [-0.4, -0.2) is 11.5 Å². The molecular formula is C6H9ClN2S. The predicted octanol–water partition coefficient (Wildman–Crippen LogP) is 1.21. The highest BCUT2D eigenvalue weighted by Gasteiger charge is 2.09. The van der Waals surface area contributed by atoms with Crippen LogP contribution in [0.3, 0.4) is 0 Å². The van der Waals surface area contributed by atoms with Crippen LogP contribution < -0.4 is 5.32 Å². The summed E-state index contributed by atoms with van der Waals surface area (Å²) < 4.78 is 0. The SMILES string of the molecule is Cl.c1nc2c(s1)CCNC2. The van der Waals surface area contributed by atoms with Gasteiger partial charge in [0.05, 0.1) is 11.2 Å². The smallest absolute Gasteiger partial charge is 0.0798 e. The average molecular weight is 177 g/mol. The van der Waals surface area contributed by atoms with Gasteiger partial charge in [0.15, 0.2) is 0 Å². The molecular weight excluding hydrogens is 168 g/mol. The third kappa shape index (κ3) is 1.31. The van der Waals surface area contributed by atoms with Crippen molar-refractivity contribution in [2.24, 2.45) is 0 Å². The summed E-state index contributed by atoms with van der Waals surface area (Å²) in [6.45, 7) is 2.09. The molecule has 0 aliphatic carbocycles. The highest BCUT2D eigenvalue weighted by molar-refractivity contribution is 7.09. The lowest BCUT2D eigenvalue weighted by Crippen LogP contribution is -2.22. The van der Waals surface area contributed by atoms with E-state index in [-0.39, 0.29) is 12.4 Å². The quantitative estimate of drug-likeness (QED) is 0.643. The number of nitrogens with zero attached hydrogens (tertiary/aromatic N) is 1. The Morgan fingerprint density at radius 1 is 1.60 bits per heavy atom. The second-order valence-electron chi connectivity index (χ2n) is 2.15. The first-order chi connectivity index (χ1) is 4.47. The van der Waals surface area contributed by atoms with Gasteiger partial charge in [0.25, 0.3) is 0 Å². The Morgan fingerprint density at radius 2 is 2.50 bits per heavy atom. The highest BCUT2D eigenvalue weighted by atomic mass is 35.5. The third-order valence-electron chi connectivity index (χ3n) is 1.55. The van der Waals surface area contributed by atoms with Crippen LogP contribution >= 0.6 is 23.7 Å². The molecule has 1 aromatic rings. The minimum atomic E-state index is 0. The van der Waals surface area contributed by atoms with Crippen molar-refractivity contribution in [3.8, 4) is 0 Å². The zero-order valence-corrected chi connectivity index (χ0v) is 7.10. The van der Waals surface area contributed by atoms with Crippen molar-refractivity contribution >= 4 is 23.7 Å². The Hall–Kier alpha value is -0.120. The molecule has 4 heteroatoms. The minimum Gasteiger partial charge on any atom is -0.311 e. The van der Waals surface area contributed by atoms with Gasteiger partial charge < -0.3 is 5.32 Å². The van der Waals surface area contributed by atoms with Gasteiger partial charge >= 0.3 is 0 Å². The van der Waals surface area contributed by atoms with E-state index in [2.05, 4.69) is 10.3 Å². The maximum absolute atomic E-state index is 4.21. The van der Waals surface area contributed by atoms with Crippen LogP contribution in [0.2, 0.25) is 0 Å². The molecule has 10 heavy (non-hydrogen) atoms. The van der Waals surface area contributed by atoms with E-state index < -0.39 is 0 Å². The van der Waals surface area contributed by atoms with Gasteiger partial charge in [-0.15, -0.1) is 23.7 Å². The first-order valence-corrected chi connectivity index (χ1v) is 3.97. The molecule has 0 fully saturated rings. The van der Waals surface area contributed by atoms with Crippen LogP contribution in [0, 0.1) is 0 Å². The van der Waals surface area contributed by atoms with Crippen molar-refractivity contribution in [3.05, 3.63) is 16.1 Å². The van der Waals surface area contributed by atoms with Gasteiger partial charge in [0, 0.05) is 18.0 Å². The van der Waals surface area contributed by atoms with E-state index in [1.54, 1.807) is 11.3 Å². The number of fused-ring (bicyclic) bond motifs is 1. The molecule has 1 N–H and O–H groups in total. The monoisotopic (exact) mass is 176 g/mol. The number of halogens is 1. The van der Waals surface area contributed by atoms with E-state index >= 15 is 0 Å². The van der Waals surface area contributed by atoms with Gasteiger partial charge in [-0.05, 0) is 6.42 Å². The van der Waals surface area contributed by atoms with Crippen molar-refractivity contribution in [2.45, 2.75) is 13.0 Å². The lowest BCUT2D eigenvalue weighted by Gasteiger charge is -2.09. The molecule has 2 rings (SSSR count). The molecule has 0 atom stereocenters. The second kappa shape index (κ2) is 3.32. The Labute approximate surface area is 70.1 Å². The van der Waals surface area contributed by atoms with E-state index in [1.165, 1.54) is 17.0 Å². The molecule has 0 saturated heterocycles. The van der Waals surface area contributed by atoms with Crippen molar-refractivity contribution in [2.75, 3.05) is 6.54 Å². The van der Waals surface area contributed by atoms with Crippen LogP contribution in [-0.2, 0) is 13.0 Å². The molecule has 1 aliphatic heterocycles. The number of aromatic nitrogens is 1. The van der Waals surface area contributed by atoms with E-state index in [0.29, 0.717) is 0 Å². The number of hydrogen-bond acceptors (Lipinski definition) is 3. The Morgan fingerprint density at radius 3 is 3.30 bits per heavy atom. The summed E-state index contributed by atoms with van der Waals surface area (Å²) in [6.07, 6.45) is 1.17. The van der Waals surface area contributed by atoms with Crippen molar-refractivity contribution in [1.82, 2.24) is 10.3 Å². The number of nitrogens with one attached hydrogen (secondary N) is 1. The fourth-order valence-electron chi connectivity index (χ4n) is 1.05. The third-order valence-corrected chi connectivity index (χ3v) is 2.48. The normalized spacial score (nSPS) is 15.6. The summed E-state index contributed by atoms with van der Waals surface area (Å²) in [5.74, 6) is 0. The van der Waals surface area contributed by atoms with Gasteiger partial charge in [0.1, 0.15) is 0 Å². The van der Waals surface area contributed by atoms with Crippen LogP contribution in [0.15, 0.2) is 5.51 Å². The fourth-order valence-corrected chi connectivity index (χ4v) is 1.84. The van der Waals surface area contributed by atoms with Crippen molar-refractivity contribution in [1.29, 1.82) is 0 Å². The molecule has 56 valence electrons. The van der Waals surface area contributed by atoms with Crippen LogP contribution in [0.5, 0.6) is 0 Å². The molecule has 0 unspecified atom stereocenters. The van der Waals surface area contributed by atoms with Crippen LogP contribution in [0.4, 0.5) is 0 Å². The van der Waals surface area contributed by atoms with Gasteiger partial charge in [0.2, 0.25) is 0 Å². The molecule has 2 heterocycles. The van der Waals surface area contributed by atoms with E-state index in [1.807, 2.05) is 5.51 Å². The molecule has 1 aromatic heterocycles. The summed E-state index contributed by atoms with van der Waals surface area (Å²) in [5.41, 5.74) is 3.18. The molecule has 0 spiro atoms. The first-order valence-electron chi connectivity index (χ1n) is 3.09. The largest absolute Gasteiger partial charge is 0.311 e. The lowest BCUT2D eigenvalue weighted by molar-refractivity contribution is 0.639. The molecule has 0 radical (unpaired) electrons. The topological polar surface area (TPSA) is 24.9 Å². The summed E-state index contributed by atoms with van der Waals surface area (Å²) >= 11 is 1.77. The second-order valence-corrected chi connectivity index (χ2v) is 3.09. The van der Waals surface area contributed by atoms with E-state index in [4.69, 9.17) is 0 Å². The molecule has 0 amide bonds. The maximum Gasteiger partial charge on any atom is 0.0798 e. The highest BCUT2D eigenvalue weighted by Crippen LogP contribution is 2.15. The standard InChI is InChI=1S/C6H8N2S.ClH/c1-2-7-3-5-6(1)9-4-8-5;/h4,7H,1-3H2;1H. The maximum atomic E-state index is 4.21. The number of hydrogen-bond donors (Lipinski definition) is 1. The summed E-state index contributed by atoms with van der Waals surface area (Å²) in [5, 5.41) is 3.27. The molecule has 1 aliphatic rings. The summed E-state index contributed by atoms with van der Waals surface area (Å²) in [7, 11) is 0. The first kappa shape index (κ1) is 7.98. The molecule has 0 bridgehead atoms. The predicted molar refractivity (Wildman–Crippen MR) is 44.8 cm³/mol. The Balaban J connectivity index is 0.000000500. The average Bonchev–Trinajstić information content (AvgIpc) is 2.33. The van der Waals surface area contributed by atoms with Gasteiger partial charge in [-0.25, -0.2) is 4.98 Å². The number of thiazole rings is 1. The van der Waals surface area contributed by atoms with Crippen LogP contribution in [0.1, 0.15) is 10.6 Å². The minimum absolute atomic E-state index is 0. The van der Waals surface area contributed by atoms with Crippen molar-refractivity contribution in [3.63, 3.8) is 0 Å². The van der Waals surface area contributed by atoms with E-state index in [0.717, 1.165) is 13.1 Å². The summed E-state index contributed by atoms with van der Waals surface area (Å²) in [4.78, 5) is 5.68. The van der Waals surface area contributed by atoms with Crippen molar-refractivity contribution < 1.29 is 0 Å². The van der Waals surface area contributed by atoms with Crippen LogP contribution in [0.25, 0.3) is 0 Å². The zero-order valence-electron chi connectivity index (χ0n) is 5.46. The fraction of sp³-hybridized carbons (Fsp3) is 0.500.